The quantitative estimate of drug-likeness (QED) is 0.361. The number of pyridine rings is 1. The maximum atomic E-state index is 13.0. The lowest BCUT2D eigenvalue weighted by Gasteiger charge is -2.15. The number of rotatable bonds is 5. The van der Waals surface area contributed by atoms with Crippen LogP contribution in [-0.2, 0) is 10.9 Å². The first-order chi connectivity index (χ1) is 13.7. The Hall–Kier alpha value is -3.69. The van der Waals surface area contributed by atoms with Gasteiger partial charge >= 0.3 is 12.1 Å². The van der Waals surface area contributed by atoms with Gasteiger partial charge in [0.1, 0.15) is 5.56 Å². The van der Waals surface area contributed by atoms with Crippen LogP contribution in [0.2, 0.25) is 0 Å². The minimum absolute atomic E-state index is 0.0253. The van der Waals surface area contributed by atoms with E-state index in [-0.39, 0.29) is 34.4 Å². The van der Waals surface area contributed by atoms with Gasteiger partial charge < -0.3 is 10.1 Å². The monoisotopic (exact) mass is 405 g/mol. The number of benzene rings is 2. The number of anilines is 2. The number of ether oxygens (including phenoxy) is 1. The maximum absolute atomic E-state index is 13.0. The highest BCUT2D eigenvalue weighted by Gasteiger charge is 2.31. The molecule has 1 heterocycles. The van der Waals surface area contributed by atoms with E-state index in [0.29, 0.717) is 5.69 Å². The smallest absolute Gasteiger partial charge is 0.416 e. The number of aromatic nitrogens is 1. The predicted molar refractivity (Wildman–Crippen MR) is 99.1 cm³/mol. The van der Waals surface area contributed by atoms with E-state index in [4.69, 9.17) is 4.74 Å². The molecule has 0 amide bonds. The van der Waals surface area contributed by atoms with Crippen LogP contribution in [0.3, 0.4) is 0 Å². The fraction of sp³-hybridized carbons (Fsp3) is 0.158. The zero-order chi connectivity index (χ0) is 21.2. The summed E-state index contributed by atoms with van der Waals surface area (Å²) in [5.74, 6) is -0.703. The number of carbonyl (C=O) groups excluding carboxylic acids is 1. The summed E-state index contributed by atoms with van der Waals surface area (Å²) >= 11 is 0. The molecule has 0 aliphatic rings. The van der Waals surface area contributed by atoms with E-state index in [1.165, 1.54) is 30.3 Å². The van der Waals surface area contributed by atoms with Crippen LogP contribution in [0.1, 0.15) is 22.8 Å². The van der Waals surface area contributed by atoms with Gasteiger partial charge in [-0.05, 0) is 31.2 Å². The molecular weight excluding hydrogens is 391 g/mol. The van der Waals surface area contributed by atoms with Crippen molar-refractivity contribution in [2.24, 2.45) is 0 Å². The molecule has 2 aromatic carbocycles. The van der Waals surface area contributed by atoms with Gasteiger partial charge in [0.25, 0.3) is 5.69 Å². The number of nitrogens with zero attached hydrogens (tertiary/aromatic N) is 2. The van der Waals surface area contributed by atoms with Gasteiger partial charge in [-0.15, -0.1) is 0 Å². The SMILES string of the molecule is CCOC(=O)c1cnc2cc(C(F)(F)F)ccc2c1Nc1ccc([N+](=O)[O-])cc1. The lowest BCUT2D eigenvalue weighted by molar-refractivity contribution is -0.384. The molecule has 150 valence electrons. The average molecular weight is 405 g/mol. The number of nitro benzene ring substituents is 1. The molecule has 7 nitrogen and oxygen atoms in total. The number of alkyl halides is 3. The number of carbonyl (C=O) groups is 1. The van der Waals surface area contributed by atoms with Crippen LogP contribution in [0.5, 0.6) is 0 Å². The second-order valence-corrected chi connectivity index (χ2v) is 5.93. The zero-order valence-corrected chi connectivity index (χ0v) is 15.0. The van der Waals surface area contributed by atoms with E-state index in [2.05, 4.69) is 10.3 Å². The fourth-order valence-corrected chi connectivity index (χ4v) is 2.68. The van der Waals surface area contributed by atoms with E-state index in [1.807, 2.05) is 0 Å². The van der Waals surface area contributed by atoms with Gasteiger partial charge in [0, 0.05) is 29.4 Å². The molecule has 0 atom stereocenters. The van der Waals surface area contributed by atoms with Crippen molar-refractivity contribution in [2.45, 2.75) is 13.1 Å². The molecule has 0 fully saturated rings. The molecule has 1 aromatic heterocycles. The summed E-state index contributed by atoms with van der Waals surface area (Å²) in [7, 11) is 0. The van der Waals surface area contributed by atoms with E-state index in [0.717, 1.165) is 18.3 Å². The molecule has 3 aromatic rings. The zero-order valence-electron chi connectivity index (χ0n) is 15.0. The maximum Gasteiger partial charge on any atom is 0.416 e. The standard InChI is InChI=1S/C19H14F3N3O4/c1-2-29-18(26)15-10-23-16-9-11(19(20,21)22)3-8-14(16)17(15)24-12-4-6-13(7-5-12)25(27)28/h3-10H,2H2,1H3,(H,23,24). The summed E-state index contributed by atoms with van der Waals surface area (Å²) in [6.07, 6.45) is -3.41. The number of nitrogens with one attached hydrogen (secondary N) is 1. The van der Waals surface area contributed by atoms with Crippen LogP contribution in [0.25, 0.3) is 10.9 Å². The summed E-state index contributed by atoms with van der Waals surface area (Å²) in [6, 6.07) is 8.34. The first-order valence-electron chi connectivity index (χ1n) is 8.39. The van der Waals surface area contributed by atoms with Gasteiger partial charge in [0.2, 0.25) is 0 Å². The van der Waals surface area contributed by atoms with Crippen molar-refractivity contribution < 1.29 is 27.6 Å². The Labute approximate surface area is 162 Å². The van der Waals surface area contributed by atoms with Gasteiger partial charge in [-0.25, -0.2) is 4.79 Å². The largest absolute Gasteiger partial charge is 0.462 e. The van der Waals surface area contributed by atoms with Crippen molar-refractivity contribution in [3.05, 3.63) is 69.9 Å². The normalized spacial score (nSPS) is 11.3. The van der Waals surface area contributed by atoms with Crippen molar-refractivity contribution in [3.8, 4) is 0 Å². The fourth-order valence-electron chi connectivity index (χ4n) is 2.68. The minimum atomic E-state index is -4.54. The molecule has 0 spiro atoms. The second-order valence-electron chi connectivity index (χ2n) is 5.93. The summed E-state index contributed by atoms with van der Waals surface area (Å²) in [6.45, 7) is 1.71. The summed E-state index contributed by atoms with van der Waals surface area (Å²) in [5.41, 5.74) is -0.363. The Kier molecular flexibility index (Phi) is 5.35. The molecule has 3 rings (SSSR count). The van der Waals surface area contributed by atoms with E-state index >= 15 is 0 Å². The molecule has 10 heteroatoms. The van der Waals surface area contributed by atoms with Crippen molar-refractivity contribution in [1.82, 2.24) is 4.98 Å². The molecule has 0 radical (unpaired) electrons. The lowest BCUT2D eigenvalue weighted by atomic mass is 10.1. The summed E-state index contributed by atoms with van der Waals surface area (Å²) < 4.78 is 44.0. The third-order valence-corrected chi connectivity index (χ3v) is 4.04. The first kappa shape index (κ1) is 20.1. The number of hydrogen-bond donors (Lipinski definition) is 1. The highest BCUT2D eigenvalue weighted by atomic mass is 19.4. The number of halogens is 3. The molecule has 0 unspecified atom stereocenters. The first-order valence-corrected chi connectivity index (χ1v) is 8.39. The lowest BCUT2D eigenvalue weighted by Crippen LogP contribution is -2.10. The van der Waals surface area contributed by atoms with Crippen LogP contribution in [0.15, 0.2) is 48.7 Å². The topological polar surface area (TPSA) is 94.4 Å². The van der Waals surface area contributed by atoms with Crippen LogP contribution in [0, 0.1) is 10.1 Å². The molecule has 0 aliphatic heterocycles. The van der Waals surface area contributed by atoms with E-state index < -0.39 is 22.6 Å². The number of nitro groups is 1. The highest BCUT2D eigenvalue weighted by molar-refractivity contribution is 6.06. The van der Waals surface area contributed by atoms with Crippen LogP contribution in [-0.4, -0.2) is 22.5 Å². The second kappa shape index (κ2) is 7.74. The van der Waals surface area contributed by atoms with Crippen molar-refractivity contribution in [2.75, 3.05) is 11.9 Å². The molecule has 0 saturated heterocycles. The Balaban J connectivity index is 2.12. The van der Waals surface area contributed by atoms with Gasteiger partial charge in [0.05, 0.1) is 28.3 Å². The van der Waals surface area contributed by atoms with Gasteiger partial charge in [-0.1, -0.05) is 6.07 Å². The van der Waals surface area contributed by atoms with Crippen molar-refractivity contribution in [1.29, 1.82) is 0 Å². The molecule has 1 N–H and O–H groups in total. The Bertz CT molecular complexity index is 1080. The number of non-ortho nitro benzene ring substituents is 1. The Morgan fingerprint density at radius 2 is 1.90 bits per heavy atom. The van der Waals surface area contributed by atoms with Gasteiger partial charge in [-0.2, -0.15) is 13.2 Å². The third kappa shape index (κ3) is 4.26. The van der Waals surface area contributed by atoms with Gasteiger partial charge in [0.15, 0.2) is 0 Å². The number of esters is 1. The van der Waals surface area contributed by atoms with Crippen LogP contribution in [0.4, 0.5) is 30.2 Å². The molecule has 0 saturated carbocycles. The predicted octanol–water partition coefficient (Wildman–Crippen LogP) is 5.08. The van der Waals surface area contributed by atoms with Crippen LogP contribution >= 0.6 is 0 Å². The summed E-state index contributed by atoms with van der Waals surface area (Å²) in [4.78, 5) is 26.5. The van der Waals surface area contributed by atoms with E-state index in [1.54, 1.807) is 6.92 Å². The van der Waals surface area contributed by atoms with Gasteiger partial charge in [-0.3, -0.25) is 15.1 Å². The molecule has 0 bridgehead atoms. The Morgan fingerprint density at radius 3 is 2.48 bits per heavy atom. The van der Waals surface area contributed by atoms with Crippen LogP contribution < -0.4 is 5.32 Å². The number of fused-ring (bicyclic) bond motifs is 1. The third-order valence-electron chi connectivity index (χ3n) is 4.04. The summed E-state index contributed by atoms with van der Waals surface area (Å²) in [5, 5.41) is 14.0. The van der Waals surface area contributed by atoms with E-state index in [9.17, 15) is 28.1 Å². The van der Waals surface area contributed by atoms with Crippen molar-refractivity contribution in [3.63, 3.8) is 0 Å². The molecular formula is C19H14F3N3O4. The van der Waals surface area contributed by atoms with Crippen molar-refractivity contribution >= 4 is 33.9 Å². The highest BCUT2D eigenvalue weighted by Crippen LogP contribution is 2.35. The minimum Gasteiger partial charge on any atom is -0.462 e. The Morgan fingerprint density at radius 1 is 1.21 bits per heavy atom. The number of hydrogen-bond acceptors (Lipinski definition) is 6. The average Bonchev–Trinajstić information content (AvgIpc) is 2.67. The molecule has 0 aliphatic carbocycles. The molecule has 29 heavy (non-hydrogen) atoms.